The Morgan fingerprint density at radius 3 is 2.00 bits per heavy atom. The van der Waals surface area contributed by atoms with Gasteiger partial charge in [0.05, 0.1) is 0 Å². The summed E-state index contributed by atoms with van der Waals surface area (Å²) in [6, 6.07) is 0. The molecule has 15 heavy (non-hydrogen) atoms. The zero-order chi connectivity index (χ0) is 11.5. The second-order valence-electron chi connectivity index (χ2n) is 4.86. The zero-order valence-electron chi connectivity index (χ0n) is 11.4. The number of nitrogens with zero attached hydrogens (tertiary/aromatic N) is 1. The molecule has 0 bridgehead atoms. The van der Waals surface area contributed by atoms with Crippen LogP contribution < -0.4 is 0 Å². The van der Waals surface area contributed by atoms with E-state index in [0.29, 0.717) is 0 Å². The van der Waals surface area contributed by atoms with Crippen LogP contribution in [0.25, 0.3) is 0 Å². The summed E-state index contributed by atoms with van der Waals surface area (Å²) >= 11 is 0. The Hall–Kier alpha value is -0.0400. The monoisotopic (exact) mass is 213 g/mol. The third-order valence-corrected chi connectivity index (χ3v) is 3.37. The Kier molecular flexibility index (Phi) is 10.4. The van der Waals surface area contributed by atoms with Crippen molar-refractivity contribution < 1.29 is 0 Å². The molecule has 0 amide bonds. The Bertz CT molecular complexity index is 119. The summed E-state index contributed by atoms with van der Waals surface area (Å²) < 4.78 is 0. The van der Waals surface area contributed by atoms with Crippen molar-refractivity contribution in [2.75, 3.05) is 20.1 Å². The normalized spacial score (nSPS) is 11.6. The molecule has 0 saturated heterocycles. The highest BCUT2D eigenvalue weighted by atomic mass is 15.1. The van der Waals surface area contributed by atoms with Crippen molar-refractivity contribution in [3.8, 4) is 0 Å². The topological polar surface area (TPSA) is 3.24 Å². The van der Waals surface area contributed by atoms with Crippen LogP contribution in [0.2, 0.25) is 0 Å². The lowest BCUT2D eigenvalue weighted by molar-refractivity contribution is 0.261. The Labute approximate surface area is 97.2 Å². The minimum atomic E-state index is 0.908. The average molecular weight is 213 g/mol. The molecular formula is C14H31N. The molecule has 0 heterocycles. The van der Waals surface area contributed by atoms with E-state index in [-0.39, 0.29) is 0 Å². The lowest BCUT2D eigenvalue weighted by Gasteiger charge is -2.22. The first kappa shape index (κ1) is 15.0. The third kappa shape index (κ3) is 8.92. The Balaban J connectivity index is 3.35. The second kappa shape index (κ2) is 10.5. The molecule has 0 radical (unpaired) electrons. The summed E-state index contributed by atoms with van der Waals surface area (Å²) in [6.07, 6.45) is 9.65. The quantitative estimate of drug-likeness (QED) is 0.488. The van der Waals surface area contributed by atoms with E-state index in [1.165, 1.54) is 58.0 Å². The van der Waals surface area contributed by atoms with Crippen molar-refractivity contribution in [3.05, 3.63) is 0 Å². The largest absolute Gasteiger partial charge is 0.306 e. The number of rotatable bonds is 10. The molecule has 0 N–H and O–H groups in total. The summed E-state index contributed by atoms with van der Waals surface area (Å²) in [5, 5.41) is 0. The minimum Gasteiger partial charge on any atom is -0.306 e. The fraction of sp³-hybridized carbons (Fsp3) is 1.00. The molecule has 0 saturated carbocycles. The van der Waals surface area contributed by atoms with Gasteiger partial charge in [-0.15, -0.1) is 0 Å². The van der Waals surface area contributed by atoms with Gasteiger partial charge in [-0.05, 0) is 25.9 Å². The van der Waals surface area contributed by atoms with Gasteiger partial charge in [-0.2, -0.15) is 0 Å². The van der Waals surface area contributed by atoms with Gasteiger partial charge in [0.1, 0.15) is 0 Å². The zero-order valence-corrected chi connectivity index (χ0v) is 11.4. The maximum atomic E-state index is 2.52. The standard InChI is InChI=1S/C14H31N/c1-5-8-9-10-11-12-15(4)13-14(6-2)7-3/h14H,5-13H2,1-4H3. The molecular weight excluding hydrogens is 182 g/mol. The molecule has 0 rings (SSSR count). The van der Waals surface area contributed by atoms with Crippen molar-refractivity contribution in [3.63, 3.8) is 0 Å². The van der Waals surface area contributed by atoms with Gasteiger partial charge >= 0.3 is 0 Å². The molecule has 1 nitrogen and oxygen atoms in total. The van der Waals surface area contributed by atoms with E-state index >= 15 is 0 Å². The van der Waals surface area contributed by atoms with Crippen LogP contribution >= 0.6 is 0 Å². The van der Waals surface area contributed by atoms with Crippen LogP contribution in [-0.2, 0) is 0 Å². The van der Waals surface area contributed by atoms with Crippen LogP contribution in [-0.4, -0.2) is 25.0 Å². The summed E-state index contributed by atoms with van der Waals surface area (Å²) in [5.74, 6) is 0.908. The van der Waals surface area contributed by atoms with Gasteiger partial charge in [0.15, 0.2) is 0 Å². The van der Waals surface area contributed by atoms with Gasteiger partial charge in [-0.1, -0.05) is 59.3 Å². The lowest BCUT2D eigenvalue weighted by Crippen LogP contribution is -2.26. The lowest BCUT2D eigenvalue weighted by atomic mass is 10.0. The van der Waals surface area contributed by atoms with E-state index in [9.17, 15) is 0 Å². The maximum Gasteiger partial charge on any atom is 0.000640 e. The first-order valence-corrected chi connectivity index (χ1v) is 6.93. The predicted molar refractivity (Wildman–Crippen MR) is 70.3 cm³/mol. The predicted octanol–water partition coefficient (Wildman–Crippen LogP) is 4.32. The van der Waals surface area contributed by atoms with Crippen LogP contribution in [0.4, 0.5) is 0 Å². The molecule has 0 aromatic heterocycles. The molecule has 0 aliphatic rings. The first-order valence-electron chi connectivity index (χ1n) is 6.93. The van der Waals surface area contributed by atoms with Crippen LogP contribution in [0.1, 0.15) is 65.7 Å². The molecule has 0 unspecified atom stereocenters. The van der Waals surface area contributed by atoms with Crippen LogP contribution in [0, 0.1) is 5.92 Å². The van der Waals surface area contributed by atoms with Crippen molar-refractivity contribution in [2.24, 2.45) is 5.92 Å². The highest BCUT2D eigenvalue weighted by Crippen LogP contribution is 2.10. The smallest absolute Gasteiger partial charge is 0.000640 e. The summed E-state index contributed by atoms with van der Waals surface area (Å²) in [4.78, 5) is 2.52. The van der Waals surface area contributed by atoms with Crippen molar-refractivity contribution >= 4 is 0 Å². The minimum absolute atomic E-state index is 0.908. The number of unbranched alkanes of at least 4 members (excludes halogenated alkanes) is 4. The van der Waals surface area contributed by atoms with Gasteiger partial charge in [-0.25, -0.2) is 0 Å². The fourth-order valence-corrected chi connectivity index (χ4v) is 2.06. The Morgan fingerprint density at radius 1 is 0.867 bits per heavy atom. The molecule has 1 heteroatoms. The maximum absolute atomic E-state index is 2.52. The molecule has 92 valence electrons. The molecule has 0 aromatic rings. The second-order valence-corrected chi connectivity index (χ2v) is 4.86. The van der Waals surface area contributed by atoms with Gasteiger partial charge in [0, 0.05) is 6.54 Å². The average Bonchev–Trinajstić information content (AvgIpc) is 2.25. The van der Waals surface area contributed by atoms with E-state index in [1.807, 2.05) is 0 Å². The van der Waals surface area contributed by atoms with Crippen molar-refractivity contribution in [1.82, 2.24) is 4.90 Å². The van der Waals surface area contributed by atoms with E-state index in [4.69, 9.17) is 0 Å². The Morgan fingerprint density at radius 2 is 1.47 bits per heavy atom. The first-order chi connectivity index (χ1) is 7.24. The van der Waals surface area contributed by atoms with Gasteiger partial charge in [-0.3, -0.25) is 0 Å². The van der Waals surface area contributed by atoms with Crippen LogP contribution in [0.15, 0.2) is 0 Å². The van der Waals surface area contributed by atoms with E-state index in [2.05, 4.69) is 32.7 Å². The molecule has 0 aromatic carbocycles. The van der Waals surface area contributed by atoms with Gasteiger partial charge in [0.2, 0.25) is 0 Å². The van der Waals surface area contributed by atoms with Crippen LogP contribution in [0.5, 0.6) is 0 Å². The van der Waals surface area contributed by atoms with Gasteiger partial charge in [0.25, 0.3) is 0 Å². The molecule has 0 spiro atoms. The highest BCUT2D eigenvalue weighted by molar-refractivity contribution is 4.60. The van der Waals surface area contributed by atoms with E-state index in [0.717, 1.165) is 5.92 Å². The molecule has 0 aliphatic carbocycles. The van der Waals surface area contributed by atoms with Crippen LogP contribution in [0.3, 0.4) is 0 Å². The summed E-state index contributed by atoms with van der Waals surface area (Å²) in [7, 11) is 2.28. The molecule has 0 aliphatic heterocycles. The van der Waals surface area contributed by atoms with Gasteiger partial charge < -0.3 is 4.90 Å². The molecule has 0 atom stereocenters. The van der Waals surface area contributed by atoms with E-state index in [1.54, 1.807) is 0 Å². The third-order valence-electron chi connectivity index (χ3n) is 3.37. The summed E-state index contributed by atoms with van der Waals surface area (Å²) in [5.41, 5.74) is 0. The SMILES string of the molecule is CCCCCCCN(C)CC(CC)CC. The number of hydrogen-bond donors (Lipinski definition) is 0. The summed E-state index contributed by atoms with van der Waals surface area (Å²) in [6.45, 7) is 9.48. The van der Waals surface area contributed by atoms with Crippen molar-refractivity contribution in [1.29, 1.82) is 0 Å². The fourth-order valence-electron chi connectivity index (χ4n) is 2.06. The number of hydrogen-bond acceptors (Lipinski definition) is 1. The molecule has 0 fully saturated rings. The highest BCUT2D eigenvalue weighted by Gasteiger charge is 2.06. The van der Waals surface area contributed by atoms with E-state index < -0.39 is 0 Å². The van der Waals surface area contributed by atoms with Crippen molar-refractivity contribution in [2.45, 2.75) is 65.7 Å².